The molecule has 0 bridgehead atoms. The summed E-state index contributed by atoms with van der Waals surface area (Å²) in [6.07, 6.45) is -0.238. The SMILES string of the molecule is C[C@H](NC(=O)[C@H]1Cc2ccccc2CN1C(=O)OC(C)(C)C)C(=O)Nc1ccc2c(c1)OCCO2. The molecule has 4 rings (SSSR count). The molecule has 9 nitrogen and oxygen atoms in total. The molecule has 9 heteroatoms. The Morgan fingerprint density at radius 3 is 2.43 bits per heavy atom. The minimum atomic E-state index is -0.839. The van der Waals surface area contributed by atoms with Crippen LogP contribution in [0, 0.1) is 0 Å². The number of anilines is 1. The number of fused-ring (bicyclic) bond motifs is 2. The summed E-state index contributed by atoms with van der Waals surface area (Å²) in [6.45, 7) is 8.11. The highest BCUT2D eigenvalue weighted by atomic mass is 16.6. The fourth-order valence-electron chi connectivity index (χ4n) is 4.02. The van der Waals surface area contributed by atoms with Crippen molar-refractivity contribution >= 4 is 23.6 Å². The monoisotopic (exact) mass is 481 g/mol. The Bertz CT molecular complexity index is 1130. The van der Waals surface area contributed by atoms with Gasteiger partial charge < -0.3 is 24.8 Å². The number of amides is 3. The molecule has 0 saturated heterocycles. The van der Waals surface area contributed by atoms with Gasteiger partial charge in [-0.2, -0.15) is 0 Å². The number of nitrogens with one attached hydrogen (secondary N) is 2. The standard InChI is InChI=1S/C26H31N3O6/c1-16(23(30)28-19-9-10-21-22(14-19)34-12-11-33-21)27-24(31)20-13-17-7-5-6-8-18(17)15-29(20)25(32)35-26(2,3)4/h5-10,14,16,20H,11-13,15H2,1-4H3,(H,27,31)(H,28,30)/t16-,20+/m0/s1. The van der Waals surface area contributed by atoms with Gasteiger partial charge in [0, 0.05) is 18.2 Å². The Morgan fingerprint density at radius 1 is 1.03 bits per heavy atom. The lowest BCUT2D eigenvalue weighted by atomic mass is 9.93. The van der Waals surface area contributed by atoms with E-state index in [-0.39, 0.29) is 6.54 Å². The lowest BCUT2D eigenvalue weighted by Crippen LogP contribution is -2.56. The highest BCUT2D eigenvalue weighted by Gasteiger charge is 2.37. The van der Waals surface area contributed by atoms with Crippen LogP contribution in [0.1, 0.15) is 38.8 Å². The van der Waals surface area contributed by atoms with Gasteiger partial charge in [-0.15, -0.1) is 0 Å². The Hall–Kier alpha value is -3.75. The third kappa shape index (κ3) is 5.85. The van der Waals surface area contributed by atoms with Crippen molar-refractivity contribution in [2.45, 2.75) is 58.3 Å². The number of ether oxygens (including phenoxy) is 3. The molecule has 0 radical (unpaired) electrons. The number of hydrogen-bond donors (Lipinski definition) is 2. The van der Waals surface area contributed by atoms with Crippen molar-refractivity contribution in [2.75, 3.05) is 18.5 Å². The minimum Gasteiger partial charge on any atom is -0.486 e. The molecule has 0 aliphatic carbocycles. The summed E-state index contributed by atoms with van der Waals surface area (Å²) in [5.74, 6) is 0.361. The number of rotatable bonds is 4. The van der Waals surface area contributed by atoms with Crippen molar-refractivity contribution in [3.8, 4) is 11.5 Å². The summed E-state index contributed by atoms with van der Waals surface area (Å²) in [6, 6.07) is 11.2. The van der Waals surface area contributed by atoms with E-state index in [9.17, 15) is 14.4 Å². The van der Waals surface area contributed by atoms with Gasteiger partial charge in [-0.3, -0.25) is 14.5 Å². The summed E-state index contributed by atoms with van der Waals surface area (Å²) in [7, 11) is 0. The third-order valence-corrected chi connectivity index (χ3v) is 5.74. The molecule has 0 spiro atoms. The van der Waals surface area contributed by atoms with Crippen LogP contribution in [0.5, 0.6) is 11.5 Å². The molecule has 0 fully saturated rings. The molecule has 2 aromatic carbocycles. The zero-order valence-electron chi connectivity index (χ0n) is 20.4. The maximum absolute atomic E-state index is 13.3. The topological polar surface area (TPSA) is 106 Å². The van der Waals surface area contributed by atoms with E-state index in [1.54, 1.807) is 45.9 Å². The Kier molecular flexibility index (Phi) is 6.86. The highest BCUT2D eigenvalue weighted by Crippen LogP contribution is 2.32. The molecule has 0 aromatic heterocycles. The van der Waals surface area contributed by atoms with Gasteiger partial charge >= 0.3 is 6.09 Å². The van der Waals surface area contributed by atoms with E-state index in [4.69, 9.17) is 14.2 Å². The Labute approximate surface area is 204 Å². The van der Waals surface area contributed by atoms with E-state index >= 15 is 0 Å². The van der Waals surface area contributed by atoms with E-state index in [0.29, 0.717) is 36.8 Å². The number of nitrogens with zero attached hydrogens (tertiary/aromatic N) is 1. The molecule has 2 heterocycles. The molecule has 2 N–H and O–H groups in total. The smallest absolute Gasteiger partial charge is 0.411 e. The first-order valence-corrected chi connectivity index (χ1v) is 11.7. The van der Waals surface area contributed by atoms with Crippen LogP contribution in [0.3, 0.4) is 0 Å². The molecule has 2 aromatic rings. The van der Waals surface area contributed by atoms with E-state index in [1.807, 2.05) is 24.3 Å². The fourth-order valence-corrected chi connectivity index (χ4v) is 4.02. The van der Waals surface area contributed by atoms with Gasteiger partial charge in [0.05, 0.1) is 6.54 Å². The molecule has 2 aliphatic rings. The summed E-state index contributed by atoms with van der Waals surface area (Å²) in [5, 5.41) is 5.54. The molecule has 186 valence electrons. The van der Waals surface area contributed by atoms with Crippen molar-refractivity contribution in [1.82, 2.24) is 10.2 Å². The second-order valence-corrected chi connectivity index (χ2v) is 9.67. The first kappa shape index (κ1) is 24.4. The van der Waals surface area contributed by atoms with E-state index < -0.39 is 35.6 Å². The van der Waals surface area contributed by atoms with Crippen LogP contribution in [0.15, 0.2) is 42.5 Å². The normalized spacial score (nSPS) is 17.6. The zero-order valence-corrected chi connectivity index (χ0v) is 20.4. The third-order valence-electron chi connectivity index (χ3n) is 5.74. The molecule has 0 saturated carbocycles. The van der Waals surface area contributed by atoms with Crippen molar-refractivity contribution < 1.29 is 28.6 Å². The van der Waals surface area contributed by atoms with Crippen LogP contribution in [0.25, 0.3) is 0 Å². The molecular formula is C26H31N3O6. The summed E-state index contributed by atoms with van der Waals surface area (Å²) in [4.78, 5) is 40.4. The van der Waals surface area contributed by atoms with Gasteiger partial charge in [-0.25, -0.2) is 4.79 Å². The number of benzene rings is 2. The van der Waals surface area contributed by atoms with Crippen LogP contribution in [0.2, 0.25) is 0 Å². The average molecular weight is 482 g/mol. The summed E-state index contributed by atoms with van der Waals surface area (Å²) < 4.78 is 16.6. The van der Waals surface area contributed by atoms with Gasteiger partial charge in [0.15, 0.2) is 11.5 Å². The molecule has 2 atom stereocenters. The highest BCUT2D eigenvalue weighted by molar-refractivity contribution is 5.98. The molecule has 3 amide bonds. The van der Waals surface area contributed by atoms with Crippen molar-refractivity contribution in [3.05, 3.63) is 53.6 Å². The summed E-state index contributed by atoms with van der Waals surface area (Å²) in [5.41, 5.74) is 1.78. The molecule has 2 aliphatic heterocycles. The average Bonchev–Trinajstić information content (AvgIpc) is 2.82. The Balaban J connectivity index is 1.45. The number of carbonyl (C=O) groups excluding carboxylic acids is 3. The van der Waals surface area contributed by atoms with Crippen molar-refractivity contribution in [2.24, 2.45) is 0 Å². The van der Waals surface area contributed by atoms with Gasteiger partial charge in [0.2, 0.25) is 11.8 Å². The van der Waals surface area contributed by atoms with Gasteiger partial charge in [-0.05, 0) is 51.0 Å². The van der Waals surface area contributed by atoms with Crippen LogP contribution >= 0.6 is 0 Å². The first-order chi connectivity index (χ1) is 16.6. The second kappa shape index (κ2) is 9.85. The first-order valence-electron chi connectivity index (χ1n) is 11.7. The van der Waals surface area contributed by atoms with E-state index in [1.165, 1.54) is 4.90 Å². The largest absolute Gasteiger partial charge is 0.486 e. The minimum absolute atomic E-state index is 0.251. The fraction of sp³-hybridized carbons (Fsp3) is 0.423. The lowest BCUT2D eigenvalue weighted by Gasteiger charge is -2.37. The number of carbonyl (C=O) groups is 3. The van der Waals surface area contributed by atoms with Gasteiger partial charge in [-0.1, -0.05) is 24.3 Å². The quantitative estimate of drug-likeness (QED) is 0.694. The maximum Gasteiger partial charge on any atom is 0.411 e. The number of hydrogen-bond acceptors (Lipinski definition) is 6. The molecule has 0 unspecified atom stereocenters. The van der Waals surface area contributed by atoms with Gasteiger partial charge in [0.1, 0.15) is 30.9 Å². The van der Waals surface area contributed by atoms with Crippen LogP contribution < -0.4 is 20.1 Å². The molecular weight excluding hydrogens is 450 g/mol. The maximum atomic E-state index is 13.3. The second-order valence-electron chi connectivity index (χ2n) is 9.67. The lowest BCUT2D eigenvalue weighted by molar-refractivity contribution is -0.130. The van der Waals surface area contributed by atoms with Crippen molar-refractivity contribution in [3.63, 3.8) is 0 Å². The van der Waals surface area contributed by atoms with E-state index in [0.717, 1.165) is 11.1 Å². The predicted molar refractivity (Wildman–Crippen MR) is 129 cm³/mol. The van der Waals surface area contributed by atoms with E-state index in [2.05, 4.69) is 10.6 Å². The van der Waals surface area contributed by atoms with Crippen LogP contribution in [-0.2, 0) is 27.3 Å². The van der Waals surface area contributed by atoms with Crippen molar-refractivity contribution in [1.29, 1.82) is 0 Å². The van der Waals surface area contributed by atoms with Gasteiger partial charge in [0.25, 0.3) is 0 Å². The molecule has 35 heavy (non-hydrogen) atoms. The van der Waals surface area contributed by atoms with Crippen LogP contribution in [-0.4, -0.2) is 53.7 Å². The van der Waals surface area contributed by atoms with Crippen LogP contribution in [0.4, 0.5) is 10.5 Å². The predicted octanol–water partition coefficient (Wildman–Crippen LogP) is 3.26. The zero-order chi connectivity index (χ0) is 25.2. The Morgan fingerprint density at radius 2 is 1.71 bits per heavy atom. The summed E-state index contributed by atoms with van der Waals surface area (Å²) >= 11 is 0.